The van der Waals surface area contributed by atoms with Crippen molar-refractivity contribution in [2.75, 3.05) is 6.54 Å². The van der Waals surface area contributed by atoms with E-state index >= 15 is 0 Å². The molecule has 4 heterocycles. The minimum Gasteiger partial charge on any atom is -0.333 e. The van der Waals surface area contributed by atoms with E-state index in [1.54, 1.807) is 15.9 Å². The molecule has 25 heavy (non-hydrogen) atoms. The lowest BCUT2D eigenvalue weighted by molar-refractivity contribution is 0.0623. The van der Waals surface area contributed by atoms with Crippen LogP contribution in [0.5, 0.6) is 0 Å². The Bertz CT molecular complexity index is 1000. The van der Waals surface area contributed by atoms with E-state index < -0.39 is 0 Å². The van der Waals surface area contributed by atoms with E-state index in [0.717, 1.165) is 53.9 Å². The van der Waals surface area contributed by atoms with Gasteiger partial charge in [0.25, 0.3) is 5.91 Å². The van der Waals surface area contributed by atoms with E-state index in [1.165, 1.54) is 23.3 Å². The molecule has 1 aliphatic heterocycles. The Hall–Kier alpha value is -2.02. The van der Waals surface area contributed by atoms with Gasteiger partial charge in [-0.1, -0.05) is 0 Å². The van der Waals surface area contributed by atoms with E-state index in [9.17, 15) is 4.79 Å². The monoisotopic (exact) mass is 355 g/mol. The van der Waals surface area contributed by atoms with Crippen LogP contribution in [0.3, 0.4) is 0 Å². The molecule has 0 radical (unpaired) electrons. The van der Waals surface area contributed by atoms with Crippen LogP contribution in [0.25, 0.3) is 15.9 Å². The minimum absolute atomic E-state index is 0.0460. The number of hydrogen-bond acceptors (Lipinski definition) is 5. The number of hydrogen-bond donors (Lipinski definition) is 0. The summed E-state index contributed by atoms with van der Waals surface area (Å²) < 4.78 is 1.76. The van der Waals surface area contributed by atoms with E-state index in [-0.39, 0.29) is 11.9 Å². The maximum Gasteiger partial charge on any atom is 0.293 e. The van der Waals surface area contributed by atoms with E-state index in [4.69, 9.17) is 4.98 Å². The first kappa shape index (κ1) is 15.3. The highest BCUT2D eigenvalue weighted by atomic mass is 32.1. The van der Waals surface area contributed by atoms with Crippen molar-refractivity contribution in [1.82, 2.24) is 24.5 Å². The van der Waals surface area contributed by atoms with Gasteiger partial charge in [-0.2, -0.15) is 4.52 Å². The Kier molecular flexibility index (Phi) is 3.35. The van der Waals surface area contributed by atoms with Gasteiger partial charge in [0.2, 0.25) is 5.82 Å². The van der Waals surface area contributed by atoms with Crippen LogP contribution in [0.15, 0.2) is 0 Å². The van der Waals surface area contributed by atoms with Gasteiger partial charge in [-0.25, -0.2) is 9.97 Å². The summed E-state index contributed by atoms with van der Waals surface area (Å²) in [4.78, 5) is 26.8. The van der Waals surface area contributed by atoms with E-state index in [1.807, 2.05) is 11.8 Å². The molecule has 0 N–H and O–H groups in total. The SMILES string of the molecule is Cc1nc2sc3c(c2c2nc(C(=O)N4CCCC[C@@H]4C)nn12)CCC3. The Balaban J connectivity index is 1.67. The number of carbonyl (C=O) groups is 1. The quantitative estimate of drug-likeness (QED) is 0.673. The van der Waals surface area contributed by atoms with Crippen LogP contribution < -0.4 is 0 Å². The summed E-state index contributed by atoms with van der Waals surface area (Å²) in [5.41, 5.74) is 2.17. The van der Waals surface area contributed by atoms with Gasteiger partial charge < -0.3 is 4.90 Å². The molecule has 1 amide bonds. The Labute approximate surface area is 149 Å². The lowest BCUT2D eigenvalue weighted by Crippen LogP contribution is -2.42. The molecule has 0 aromatic carbocycles. The van der Waals surface area contributed by atoms with Crippen LogP contribution in [0, 0.1) is 6.92 Å². The summed E-state index contributed by atoms with van der Waals surface area (Å²) >= 11 is 1.77. The highest BCUT2D eigenvalue weighted by Gasteiger charge is 2.29. The number of carbonyl (C=O) groups excluding carboxylic acids is 1. The van der Waals surface area contributed by atoms with Crippen LogP contribution in [-0.2, 0) is 12.8 Å². The topological polar surface area (TPSA) is 63.4 Å². The lowest BCUT2D eigenvalue weighted by atomic mass is 10.0. The summed E-state index contributed by atoms with van der Waals surface area (Å²) in [5, 5.41) is 5.65. The molecule has 0 bridgehead atoms. The molecule has 0 spiro atoms. The molecular formula is C18H21N5OS. The van der Waals surface area contributed by atoms with Crippen LogP contribution in [-0.4, -0.2) is 43.0 Å². The van der Waals surface area contributed by atoms with Gasteiger partial charge in [0.1, 0.15) is 10.7 Å². The van der Waals surface area contributed by atoms with Crippen molar-refractivity contribution in [2.45, 2.75) is 58.4 Å². The van der Waals surface area contributed by atoms with Gasteiger partial charge in [0, 0.05) is 17.5 Å². The second-order valence-electron chi connectivity index (χ2n) is 7.21. The molecule has 0 saturated carbocycles. The predicted molar refractivity (Wildman–Crippen MR) is 97.3 cm³/mol. The summed E-state index contributed by atoms with van der Waals surface area (Å²) in [7, 11) is 0. The number of thiophene rings is 1. The van der Waals surface area contributed by atoms with Gasteiger partial charge >= 0.3 is 0 Å². The molecule has 3 aromatic heterocycles. The molecule has 2 aliphatic rings. The van der Waals surface area contributed by atoms with E-state index in [0.29, 0.717) is 5.82 Å². The van der Waals surface area contributed by atoms with Gasteiger partial charge in [-0.15, -0.1) is 16.4 Å². The molecule has 0 unspecified atom stereocenters. The number of fused-ring (bicyclic) bond motifs is 5. The average Bonchev–Trinajstić information content (AvgIpc) is 3.28. The lowest BCUT2D eigenvalue weighted by Gasteiger charge is -2.32. The fourth-order valence-corrected chi connectivity index (χ4v) is 5.51. The molecule has 3 aromatic rings. The van der Waals surface area contributed by atoms with Gasteiger partial charge in [-0.3, -0.25) is 4.79 Å². The second-order valence-corrected chi connectivity index (χ2v) is 8.29. The first-order valence-corrected chi connectivity index (χ1v) is 9.93. The zero-order valence-electron chi connectivity index (χ0n) is 14.6. The van der Waals surface area contributed by atoms with Crippen LogP contribution in [0.4, 0.5) is 0 Å². The molecule has 7 heteroatoms. The Morgan fingerprint density at radius 1 is 1.20 bits per heavy atom. The van der Waals surface area contributed by atoms with E-state index in [2.05, 4.69) is 17.0 Å². The smallest absolute Gasteiger partial charge is 0.293 e. The van der Waals surface area contributed by atoms with Crippen molar-refractivity contribution in [3.63, 3.8) is 0 Å². The summed E-state index contributed by atoms with van der Waals surface area (Å²) in [6, 6.07) is 0.262. The van der Waals surface area contributed by atoms with Crippen molar-refractivity contribution < 1.29 is 4.79 Å². The molecule has 1 aliphatic carbocycles. The third kappa shape index (κ3) is 2.21. The van der Waals surface area contributed by atoms with Crippen molar-refractivity contribution >= 4 is 33.1 Å². The minimum atomic E-state index is -0.0460. The molecule has 1 fully saturated rings. The van der Waals surface area contributed by atoms with Gasteiger partial charge in [0.15, 0.2) is 5.65 Å². The van der Waals surface area contributed by atoms with Crippen LogP contribution >= 0.6 is 11.3 Å². The highest BCUT2D eigenvalue weighted by molar-refractivity contribution is 7.19. The van der Waals surface area contributed by atoms with Gasteiger partial charge in [-0.05, 0) is 57.9 Å². The first-order valence-electron chi connectivity index (χ1n) is 9.12. The van der Waals surface area contributed by atoms with Crippen molar-refractivity contribution in [1.29, 1.82) is 0 Å². The Morgan fingerprint density at radius 2 is 2.08 bits per heavy atom. The number of nitrogens with zero attached hydrogens (tertiary/aromatic N) is 5. The number of likely N-dealkylation sites (tertiary alicyclic amines) is 1. The standard InChI is InChI=1S/C18H21N5OS/c1-10-6-3-4-9-22(10)18(24)15-20-16-14-12-7-5-8-13(12)25-17(14)19-11(2)23(16)21-15/h10H,3-9H2,1-2H3/t10-/m0/s1. The summed E-state index contributed by atoms with van der Waals surface area (Å²) in [6.45, 7) is 4.85. The molecule has 1 atom stereocenters. The van der Waals surface area contributed by atoms with Crippen molar-refractivity contribution in [3.8, 4) is 0 Å². The third-order valence-electron chi connectivity index (χ3n) is 5.56. The van der Waals surface area contributed by atoms with Crippen LogP contribution in [0.1, 0.15) is 59.5 Å². The maximum atomic E-state index is 13.0. The maximum absolute atomic E-state index is 13.0. The largest absolute Gasteiger partial charge is 0.333 e. The molecule has 130 valence electrons. The normalized spacial score (nSPS) is 20.6. The van der Waals surface area contributed by atoms with Crippen molar-refractivity contribution in [2.24, 2.45) is 0 Å². The fraction of sp³-hybridized carbons (Fsp3) is 0.556. The molecule has 5 rings (SSSR count). The van der Waals surface area contributed by atoms with Crippen LogP contribution in [0.2, 0.25) is 0 Å². The Morgan fingerprint density at radius 3 is 2.92 bits per heavy atom. The zero-order valence-corrected chi connectivity index (χ0v) is 15.4. The number of rotatable bonds is 1. The molecule has 1 saturated heterocycles. The van der Waals surface area contributed by atoms with Gasteiger partial charge in [0.05, 0.1) is 5.39 Å². The highest BCUT2D eigenvalue weighted by Crippen LogP contribution is 2.38. The molecule has 6 nitrogen and oxygen atoms in total. The molecular weight excluding hydrogens is 334 g/mol. The fourth-order valence-electron chi connectivity index (χ4n) is 4.21. The third-order valence-corrected chi connectivity index (χ3v) is 6.74. The zero-order chi connectivity index (χ0) is 17.1. The first-order chi connectivity index (χ1) is 12.1. The van der Waals surface area contributed by atoms with Crippen molar-refractivity contribution in [3.05, 3.63) is 22.1 Å². The number of aromatic nitrogens is 4. The predicted octanol–water partition coefficient (Wildman–Crippen LogP) is 3.15. The number of piperidine rings is 1. The number of amides is 1. The second kappa shape index (κ2) is 5.49. The summed E-state index contributed by atoms with van der Waals surface area (Å²) in [6.07, 6.45) is 6.71. The average molecular weight is 355 g/mol. The summed E-state index contributed by atoms with van der Waals surface area (Å²) in [5.74, 6) is 1.06. The number of aryl methyl sites for hydroxylation is 3.